The van der Waals surface area contributed by atoms with Gasteiger partial charge in [0.25, 0.3) is 5.56 Å². The Morgan fingerprint density at radius 3 is 2.78 bits per heavy atom. The van der Waals surface area contributed by atoms with Crippen molar-refractivity contribution in [3.63, 3.8) is 0 Å². The van der Waals surface area contributed by atoms with Crippen LogP contribution in [0.1, 0.15) is 5.69 Å². The lowest BCUT2D eigenvalue weighted by Crippen LogP contribution is -2.31. The van der Waals surface area contributed by atoms with Crippen molar-refractivity contribution in [3.05, 3.63) is 40.3 Å². The largest absolute Gasteiger partial charge is 0.344 e. The molecule has 96 valence electrons. The van der Waals surface area contributed by atoms with Gasteiger partial charge in [-0.1, -0.05) is 12.1 Å². The summed E-state index contributed by atoms with van der Waals surface area (Å²) >= 11 is 0. The van der Waals surface area contributed by atoms with Crippen molar-refractivity contribution in [2.45, 2.75) is 6.42 Å². The number of aryl methyl sites for hydroxylation is 1. The highest BCUT2D eigenvalue weighted by Gasteiger charge is 2.14. The van der Waals surface area contributed by atoms with E-state index in [0.29, 0.717) is 11.0 Å². The van der Waals surface area contributed by atoms with Crippen LogP contribution in [0.4, 0.5) is 0 Å². The molecule has 0 saturated heterocycles. The van der Waals surface area contributed by atoms with E-state index in [4.69, 9.17) is 5.84 Å². The van der Waals surface area contributed by atoms with E-state index in [2.05, 4.69) is 4.98 Å². The van der Waals surface area contributed by atoms with Gasteiger partial charge in [-0.3, -0.25) is 9.36 Å². The lowest BCUT2D eigenvalue weighted by Gasteiger charge is -2.08. The Balaban J connectivity index is 2.49. The molecule has 0 aliphatic rings. The zero-order chi connectivity index (χ0) is 13.3. The Bertz CT molecular complexity index is 689. The summed E-state index contributed by atoms with van der Waals surface area (Å²) < 4.78 is 12.3. The molecule has 1 aromatic heterocycles. The van der Waals surface area contributed by atoms with Crippen LogP contribution in [0.25, 0.3) is 11.0 Å². The molecule has 0 bridgehead atoms. The summed E-state index contributed by atoms with van der Waals surface area (Å²) in [5.74, 6) is 5.69. The molecule has 2 rings (SSSR count). The van der Waals surface area contributed by atoms with Crippen LogP contribution in [-0.2, 0) is 11.0 Å². The molecular formula is C11H14N3O3P. The molecule has 3 N–H and O–H groups in total. The summed E-state index contributed by atoms with van der Waals surface area (Å²) in [6.07, 6.45) is 0.165. The monoisotopic (exact) mass is 267 g/mol. The maximum Gasteiger partial charge on any atom is 0.290 e. The average Bonchev–Trinajstić information content (AvgIpc) is 2.31. The van der Waals surface area contributed by atoms with E-state index in [1.165, 1.54) is 6.66 Å². The van der Waals surface area contributed by atoms with Crippen molar-refractivity contribution < 1.29 is 9.46 Å². The number of benzene rings is 1. The van der Waals surface area contributed by atoms with Crippen LogP contribution in [0.3, 0.4) is 0 Å². The first-order valence-corrected chi connectivity index (χ1v) is 7.73. The predicted octanol–water partition coefficient (Wildman–Crippen LogP) is 0.553. The number of hydrogen-bond donors (Lipinski definition) is 2. The number of fused-ring (bicyclic) bond motifs is 1. The Morgan fingerprint density at radius 1 is 1.44 bits per heavy atom. The molecule has 1 unspecified atom stereocenters. The molecule has 1 heterocycles. The number of nitrogens with two attached hydrogens (primary N) is 1. The second-order valence-corrected chi connectivity index (χ2v) is 6.80. The third-order valence-electron chi connectivity index (χ3n) is 2.63. The Labute approximate surface area is 103 Å². The molecule has 0 fully saturated rings. The second-order valence-electron chi connectivity index (χ2n) is 4.25. The Hall–Kier alpha value is -1.65. The van der Waals surface area contributed by atoms with Crippen molar-refractivity contribution >= 4 is 18.4 Å². The van der Waals surface area contributed by atoms with Crippen LogP contribution in [0, 0.1) is 0 Å². The van der Waals surface area contributed by atoms with E-state index in [0.717, 1.165) is 4.68 Å². The first-order valence-electron chi connectivity index (χ1n) is 5.43. The molecule has 0 aliphatic carbocycles. The minimum Gasteiger partial charge on any atom is -0.344 e. The fourth-order valence-corrected chi connectivity index (χ4v) is 2.31. The van der Waals surface area contributed by atoms with Gasteiger partial charge in [-0.25, -0.2) is 9.66 Å². The van der Waals surface area contributed by atoms with Gasteiger partial charge in [0, 0.05) is 19.2 Å². The summed E-state index contributed by atoms with van der Waals surface area (Å²) in [5, 5.41) is 0. The molecule has 0 spiro atoms. The van der Waals surface area contributed by atoms with Crippen molar-refractivity contribution in [2.24, 2.45) is 0 Å². The van der Waals surface area contributed by atoms with E-state index < -0.39 is 12.9 Å². The SMILES string of the molecule is CP(=O)(O)CCc1nc2ccccc2n(N)c1=O. The highest BCUT2D eigenvalue weighted by Crippen LogP contribution is 2.35. The number of para-hydroxylation sites is 2. The van der Waals surface area contributed by atoms with E-state index in [9.17, 15) is 14.3 Å². The van der Waals surface area contributed by atoms with E-state index in [1.807, 2.05) is 0 Å². The van der Waals surface area contributed by atoms with E-state index >= 15 is 0 Å². The molecule has 0 saturated carbocycles. The Morgan fingerprint density at radius 2 is 2.11 bits per heavy atom. The fraction of sp³-hybridized carbons (Fsp3) is 0.273. The molecule has 0 amide bonds. The molecule has 1 aromatic carbocycles. The summed E-state index contributed by atoms with van der Waals surface area (Å²) in [6.45, 7) is 1.26. The lowest BCUT2D eigenvalue weighted by atomic mass is 10.2. The van der Waals surface area contributed by atoms with Gasteiger partial charge in [0.15, 0.2) is 7.37 Å². The molecule has 1 atom stereocenters. The van der Waals surface area contributed by atoms with Crippen molar-refractivity contribution in [1.29, 1.82) is 0 Å². The maximum absolute atomic E-state index is 11.9. The molecule has 6 nitrogen and oxygen atoms in total. The van der Waals surface area contributed by atoms with Gasteiger partial charge >= 0.3 is 0 Å². The topological polar surface area (TPSA) is 98.2 Å². The van der Waals surface area contributed by atoms with Gasteiger partial charge in [0.05, 0.1) is 11.0 Å². The number of nitrogens with zero attached hydrogens (tertiary/aromatic N) is 2. The third-order valence-corrected chi connectivity index (χ3v) is 3.68. The van der Waals surface area contributed by atoms with Crippen LogP contribution in [0.15, 0.2) is 29.1 Å². The normalized spacial score (nSPS) is 14.6. The predicted molar refractivity (Wildman–Crippen MR) is 70.5 cm³/mol. The summed E-state index contributed by atoms with van der Waals surface area (Å²) in [7, 11) is -3.16. The standard InChI is InChI=1S/C11H14N3O3P/c1-18(16,17)7-6-9-11(15)14(12)10-5-3-2-4-8(10)13-9/h2-5H,6-7,12H2,1H3,(H,16,17). The van der Waals surface area contributed by atoms with Crippen LogP contribution in [-0.4, -0.2) is 27.4 Å². The maximum atomic E-state index is 11.9. The van der Waals surface area contributed by atoms with Gasteiger partial charge < -0.3 is 10.7 Å². The Kier molecular flexibility index (Phi) is 3.24. The number of aromatic nitrogens is 2. The van der Waals surface area contributed by atoms with E-state index in [-0.39, 0.29) is 18.3 Å². The lowest BCUT2D eigenvalue weighted by molar-refractivity contribution is 0.484. The fourth-order valence-electron chi connectivity index (χ4n) is 1.68. The van der Waals surface area contributed by atoms with Gasteiger partial charge in [0.2, 0.25) is 0 Å². The second kappa shape index (κ2) is 4.55. The van der Waals surface area contributed by atoms with Crippen LogP contribution in [0.5, 0.6) is 0 Å². The molecule has 0 radical (unpaired) electrons. The first kappa shape index (κ1) is 12.8. The van der Waals surface area contributed by atoms with Crippen molar-refractivity contribution in [1.82, 2.24) is 9.66 Å². The molecular weight excluding hydrogens is 253 g/mol. The third kappa shape index (κ3) is 2.60. The van der Waals surface area contributed by atoms with Crippen LogP contribution < -0.4 is 11.4 Å². The zero-order valence-electron chi connectivity index (χ0n) is 9.91. The molecule has 2 aromatic rings. The summed E-state index contributed by atoms with van der Waals surface area (Å²) in [4.78, 5) is 25.3. The van der Waals surface area contributed by atoms with Crippen molar-refractivity contribution in [2.75, 3.05) is 18.7 Å². The van der Waals surface area contributed by atoms with Crippen LogP contribution >= 0.6 is 7.37 Å². The molecule has 0 aliphatic heterocycles. The quantitative estimate of drug-likeness (QED) is 0.625. The van der Waals surface area contributed by atoms with Crippen molar-refractivity contribution in [3.8, 4) is 0 Å². The summed E-state index contributed by atoms with van der Waals surface area (Å²) in [5.41, 5.74) is 0.919. The number of hydrogen-bond acceptors (Lipinski definition) is 4. The molecule has 7 heteroatoms. The smallest absolute Gasteiger partial charge is 0.290 e. The zero-order valence-corrected chi connectivity index (χ0v) is 10.8. The molecule has 18 heavy (non-hydrogen) atoms. The van der Waals surface area contributed by atoms with Gasteiger partial charge in [-0.05, 0) is 12.1 Å². The highest BCUT2D eigenvalue weighted by molar-refractivity contribution is 7.57. The van der Waals surface area contributed by atoms with E-state index in [1.54, 1.807) is 24.3 Å². The van der Waals surface area contributed by atoms with Gasteiger partial charge in [-0.2, -0.15) is 0 Å². The van der Waals surface area contributed by atoms with Gasteiger partial charge in [0.1, 0.15) is 5.69 Å². The minimum absolute atomic E-state index is 0.0214. The van der Waals surface area contributed by atoms with Crippen LogP contribution in [0.2, 0.25) is 0 Å². The highest BCUT2D eigenvalue weighted by atomic mass is 31.2. The average molecular weight is 267 g/mol. The number of nitrogen functional groups attached to an aromatic ring is 1. The first-order chi connectivity index (χ1) is 8.38. The van der Waals surface area contributed by atoms with Gasteiger partial charge in [-0.15, -0.1) is 0 Å². The minimum atomic E-state index is -3.16. The number of rotatable bonds is 3. The summed E-state index contributed by atoms with van der Waals surface area (Å²) in [6, 6.07) is 7.00.